The summed E-state index contributed by atoms with van der Waals surface area (Å²) in [6.45, 7) is 3.37. The van der Waals surface area contributed by atoms with Gasteiger partial charge in [-0.25, -0.2) is 4.79 Å². The van der Waals surface area contributed by atoms with Crippen LogP contribution in [0.4, 0.5) is 0 Å². The van der Waals surface area contributed by atoms with Crippen LogP contribution in [0.25, 0.3) is 0 Å². The smallest absolute Gasteiger partial charge is 0.327 e. The number of imide groups is 1. The lowest BCUT2D eigenvalue weighted by Gasteiger charge is -2.22. The van der Waals surface area contributed by atoms with Crippen LogP contribution in [0.2, 0.25) is 0 Å². The fraction of sp³-hybridized carbons (Fsp3) is 0.615. The zero-order chi connectivity index (χ0) is 26.4. The molecule has 9 nitrogen and oxygen atoms in total. The number of allylic oxidation sites excluding steroid dienone is 2. The monoisotopic (exact) mass is 493 g/mol. The third-order valence-corrected chi connectivity index (χ3v) is 6.13. The molecule has 1 heterocycles. The molecule has 1 aliphatic rings. The van der Waals surface area contributed by atoms with E-state index < -0.39 is 30.2 Å². The maximum atomic E-state index is 12.5. The van der Waals surface area contributed by atoms with Gasteiger partial charge in [-0.15, -0.1) is 0 Å². The van der Waals surface area contributed by atoms with Crippen molar-refractivity contribution >= 4 is 23.6 Å². The first-order chi connectivity index (χ1) is 16.5. The number of carbonyl (C=O) groups excluding carboxylic acids is 3. The second-order valence-electron chi connectivity index (χ2n) is 9.04. The van der Waals surface area contributed by atoms with E-state index >= 15 is 0 Å². The number of carboxylic acid groups (broad SMARTS) is 1. The van der Waals surface area contributed by atoms with E-state index in [1.165, 1.54) is 7.11 Å². The summed E-state index contributed by atoms with van der Waals surface area (Å²) in [6.07, 6.45) is 8.86. The first-order valence-corrected chi connectivity index (χ1v) is 12.0. The van der Waals surface area contributed by atoms with E-state index in [0.29, 0.717) is 44.1 Å². The van der Waals surface area contributed by atoms with E-state index in [4.69, 9.17) is 9.84 Å². The topological polar surface area (TPSA) is 150 Å². The molecule has 0 radical (unpaired) electrons. The number of aliphatic hydroxyl groups excluding tert-OH is 2. The molecule has 0 bridgehead atoms. The maximum Gasteiger partial charge on any atom is 0.327 e. The number of Topliss-reactive ketones (excluding diaryl/α,β-unsaturated/α-hetero) is 1. The maximum absolute atomic E-state index is 12.5. The Morgan fingerprint density at radius 2 is 1.77 bits per heavy atom. The number of methoxy groups -OCH3 is 1. The number of amides is 2. The summed E-state index contributed by atoms with van der Waals surface area (Å²) >= 11 is 0. The van der Waals surface area contributed by atoms with Crippen LogP contribution in [0, 0.1) is 11.8 Å². The number of carbonyl (C=O) groups is 4. The van der Waals surface area contributed by atoms with Crippen molar-refractivity contribution in [3.8, 4) is 0 Å². The average molecular weight is 494 g/mol. The van der Waals surface area contributed by atoms with E-state index in [9.17, 15) is 29.4 Å². The van der Waals surface area contributed by atoms with Crippen LogP contribution in [0.15, 0.2) is 36.0 Å². The van der Waals surface area contributed by atoms with Crippen LogP contribution < -0.4 is 5.32 Å². The summed E-state index contributed by atoms with van der Waals surface area (Å²) in [5, 5.41) is 31.8. The lowest BCUT2D eigenvalue weighted by molar-refractivity contribution is -0.135. The molecule has 9 heteroatoms. The molecule has 0 aromatic carbocycles. The molecule has 196 valence electrons. The second kappa shape index (κ2) is 16.1. The molecule has 0 spiro atoms. The number of rotatable bonds is 16. The van der Waals surface area contributed by atoms with Crippen molar-refractivity contribution in [2.45, 2.75) is 83.5 Å². The fourth-order valence-electron chi connectivity index (χ4n) is 3.95. The summed E-state index contributed by atoms with van der Waals surface area (Å²) in [5.74, 6) is -2.29. The predicted molar refractivity (Wildman–Crippen MR) is 130 cm³/mol. The minimum Gasteiger partial charge on any atom is -0.478 e. The Kier molecular flexibility index (Phi) is 14.0. The molecule has 1 saturated heterocycles. The number of aliphatic carboxylic acids is 1. The van der Waals surface area contributed by atoms with Crippen LogP contribution in [0.5, 0.6) is 0 Å². The summed E-state index contributed by atoms with van der Waals surface area (Å²) < 4.78 is 5.30. The largest absolute Gasteiger partial charge is 0.478 e. The lowest BCUT2D eigenvalue weighted by Crippen LogP contribution is -2.38. The summed E-state index contributed by atoms with van der Waals surface area (Å²) in [5.41, 5.74) is 0.581. The highest BCUT2D eigenvalue weighted by atomic mass is 16.5. The van der Waals surface area contributed by atoms with Crippen molar-refractivity contribution in [3.63, 3.8) is 0 Å². The third-order valence-electron chi connectivity index (χ3n) is 6.13. The van der Waals surface area contributed by atoms with Gasteiger partial charge in [-0.2, -0.15) is 0 Å². The molecule has 35 heavy (non-hydrogen) atoms. The molecule has 0 saturated carbocycles. The molecule has 0 aliphatic carbocycles. The van der Waals surface area contributed by atoms with Crippen molar-refractivity contribution in [1.82, 2.24) is 5.32 Å². The highest BCUT2D eigenvalue weighted by Gasteiger charge is 2.26. The summed E-state index contributed by atoms with van der Waals surface area (Å²) in [7, 11) is 1.48. The molecule has 0 aromatic heterocycles. The quantitative estimate of drug-likeness (QED) is 0.111. The molecule has 0 aromatic rings. The van der Waals surface area contributed by atoms with E-state index in [1.54, 1.807) is 32.1 Å². The van der Waals surface area contributed by atoms with Crippen LogP contribution in [-0.4, -0.2) is 64.3 Å². The summed E-state index contributed by atoms with van der Waals surface area (Å²) in [4.78, 5) is 45.9. The van der Waals surface area contributed by atoms with Gasteiger partial charge in [0.05, 0.1) is 12.2 Å². The standard InChI is InChI=1S/C26H39NO8/c1-17(13-14-21(29)22(35-3)11-6-4-5-7-12-25(32)33)26(34)18(2)20(28)10-8-9-19-15-23(30)27-24(31)16-19/h6-7,11-13,18-19,21-22,26,29,34H,4-5,8-10,14-16H2,1-3H3,(H,32,33)(H,27,30,31)/b11-6+,12-7+,17-13+. The van der Waals surface area contributed by atoms with Crippen molar-refractivity contribution in [2.75, 3.05) is 7.11 Å². The van der Waals surface area contributed by atoms with E-state index in [0.717, 1.165) is 6.08 Å². The number of hydrogen-bond donors (Lipinski definition) is 4. The lowest BCUT2D eigenvalue weighted by atomic mass is 9.88. The van der Waals surface area contributed by atoms with Gasteiger partial charge in [0.1, 0.15) is 11.9 Å². The normalized spacial score (nSPS) is 19.1. The van der Waals surface area contributed by atoms with Gasteiger partial charge in [-0.3, -0.25) is 19.7 Å². The van der Waals surface area contributed by atoms with Crippen LogP contribution in [0.3, 0.4) is 0 Å². The van der Waals surface area contributed by atoms with E-state index in [1.807, 2.05) is 6.08 Å². The van der Waals surface area contributed by atoms with Gasteiger partial charge in [0.15, 0.2) is 0 Å². The van der Waals surface area contributed by atoms with Gasteiger partial charge < -0.3 is 20.1 Å². The highest BCUT2D eigenvalue weighted by molar-refractivity contribution is 5.97. The molecule has 1 fully saturated rings. The van der Waals surface area contributed by atoms with Crippen LogP contribution in [-0.2, 0) is 23.9 Å². The molecule has 4 unspecified atom stereocenters. The molecule has 4 atom stereocenters. The predicted octanol–water partition coefficient (Wildman–Crippen LogP) is 2.47. The fourth-order valence-corrected chi connectivity index (χ4v) is 3.95. The van der Waals surface area contributed by atoms with Crippen molar-refractivity contribution < 1.29 is 39.2 Å². The molecule has 1 rings (SSSR count). The minimum absolute atomic E-state index is 0.0450. The number of ether oxygens (including phenoxy) is 1. The third kappa shape index (κ3) is 12.1. The second-order valence-corrected chi connectivity index (χ2v) is 9.04. The Hall–Kier alpha value is -2.62. The Bertz CT molecular complexity index is 800. The number of aliphatic hydroxyl groups is 2. The first kappa shape index (κ1) is 30.4. The van der Waals surface area contributed by atoms with Gasteiger partial charge in [-0.05, 0) is 50.5 Å². The van der Waals surface area contributed by atoms with Crippen molar-refractivity contribution in [1.29, 1.82) is 0 Å². The Labute approximate surface area is 206 Å². The van der Waals surface area contributed by atoms with Gasteiger partial charge in [-0.1, -0.05) is 31.2 Å². The number of piperidine rings is 1. The average Bonchev–Trinajstić information content (AvgIpc) is 2.80. The minimum atomic E-state index is -0.993. The number of ketones is 1. The van der Waals surface area contributed by atoms with Gasteiger partial charge in [0, 0.05) is 38.4 Å². The number of carboxylic acids is 1. The Morgan fingerprint density at radius 3 is 2.37 bits per heavy atom. The van der Waals surface area contributed by atoms with E-state index in [-0.39, 0.29) is 36.4 Å². The Balaban J connectivity index is 2.47. The SMILES string of the molecule is COC(/C=C/CC/C=C/C(=O)O)C(O)C/C=C(\C)C(O)C(C)C(=O)CCCC1CC(=O)NC(=O)C1. The number of nitrogens with one attached hydrogen (secondary N) is 1. The zero-order valence-electron chi connectivity index (χ0n) is 20.8. The number of hydrogen-bond acceptors (Lipinski definition) is 7. The molecule has 1 aliphatic heterocycles. The first-order valence-electron chi connectivity index (χ1n) is 12.0. The number of unbranched alkanes of at least 4 members (excludes halogenated alkanes) is 1. The summed E-state index contributed by atoms with van der Waals surface area (Å²) in [6, 6.07) is 0. The van der Waals surface area contributed by atoms with Gasteiger partial charge >= 0.3 is 5.97 Å². The van der Waals surface area contributed by atoms with Crippen molar-refractivity contribution in [3.05, 3.63) is 36.0 Å². The molecule has 2 amide bonds. The van der Waals surface area contributed by atoms with Crippen LogP contribution >= 0.6 is 0 Å². The van der Waals surface area contributed by atoms with Crippen LogP contribution in [0.1, 0.15) is 65.2 Å². The highest BCUT2D eigenvalue weighted by Crippen LogP contribution is 2.22. The van der Waals surface area contributed by atoms with Gasteiger partial charge in [0.2, 0.25) is 11.8 Å². The molecule has 4 N–H and O–H groups in total. The molecular weight excluding hydrogens is 454 g/mol. The molecular formula is C26H39NO8. The van der Waals surface area contributed by atoms with Crippen molar-refractivity contribution in [2.24, 2.45) is 11.8 Å². The zero-order valence-corrected chi connectivity index (χ0v) is 20.8. The van der Waals surface area contributed by atoms with E-state index in [2.05, 4.69) is 5.32 Å². The Morgan fingerprint density at radius 1 is 1.14 bits per heavy atom. The van der Waals surface area contributed by atoms with Gasteiger partial charge in [0.25, 0.3) is 0 Å².